The highest BCUT2D eigenvalue weighted by molar-refractivity contribution is 9.10. The van der Waals surface area contributed by atoms with Gasteiger partial charge >= 0.3 is 5.97 Å². The van der Waals surface area contributed by atoms with Crippen molar-refractivity contribution in [3.8, 4) is 11.1 Å². The Hall–Kier alpha value is -4.82. The molecule has 0 saturated carbocycles. The van der Waals surface area contributed by atoms with E-state index in [4.69, 9.17) is 0 Å². The van der Waals surface area contributed by atoms with Gasteiger partial charge in [0.25, 0.3) is 15.9 Å². The molecule has 0 aliphatic rings. The Bertz CT molecular complexity index is 2010. The number of sulfonamides is 1. The van der Waals surface area contributed by atoms with Crippen molar-refractivity contribution in [1.29, 1.82) is 0 Å². The summed E-state index contributed by atoms with van der Waals surface area (Å²) in [7, 11) is -4.33. The number of nitrogens with one attached hydrogen (secondary N) is 2. The fourth-order valence-corrected chi connectivity index (χ4v) is 5.99. The van der Waals surface area contributed by atoms with Crippen LogP contribution < -0.4 is 10.0 Å². The van der Waals surface area contributed by atoms with Crippen molar-refractivity contribution in [2.45, 2.75) is 17.4 Å². The molecule has 1 amide bonds. The molecule has 5 aromatic rings. The number of aliphatic carboxylic acids is 1. The molecule has 3 aromatic carbocycles. The van der Waals surface area contributed by atoms with E-state index in [0.29, 0.717) is 44.2 Å². The van der Waals surface area contributed by atoms with Crippen LogP contribution in [0.5, 0.6) is 0 Å². The van der Waals surface area contributed by atoms with E-state index in [-0.39, 0.29) is 11.3 Å². The molecular weight excluding hydrogens is 665 g/mol. The standard InChI is InChI=1S/C30H20BrF3N4O5S/c31-22-8-5-18(21-2-1-10-36-28(21)22)12-25(30(40)41)37-29(39)27-23(32)14-19(15-24(27)33)38-44(42,43)20-6-3-16(4-7-20)17-9-11-35-26(34)13-17/h1-11,13-15,25,38H,12H2,(H,37,39)(H,40,41). The van der Waals surface area contributed by atoms with Gasteiger partial charge in [-0.15, -0.1) is 0 Å². The van der Waals surface area contributed by atoms with Gasteiger partial charge in [0.2, 0.25) is 5.95 Å². The first-order valence-electron chi connectivity index (χ1n) is 12.7. The maximum absolute atomic E-state index is 15.0. The van der Waals surface area contributed by atoms with Crippen LogP contribution in [0.3, 0.4) is 0 Å². The van der Waals surface area contributed by atoms with Gasteiger partial charge in [-0.2, -0.15) is 4.39 Å². The molecule has 0 spiro atoms. The number of fused-ring (bicyclic) bond motifs is 1. The van der Waals surface area contributed by atoms with E-state index in [2.05, 4.69) is 35.9 Å². The highest BCUT2D eigenvalue weighted by atomic mass is 79.9. The summed E-state index contributed by atoms with van der Waals surface area (Å²) < 4.78 is 71.9. The van der Waals surface area contributed by atoms with Gasteiger partial charge in [0.05, 0.1) is 16.1 Å². The van der Waals surface area contributed by atoms with Crippen LogP contribution in [-0.2, 0) is 21.2 Å². The summed E-state index contributed by atoms with van der Waals surface area (Å²) in [6, 6.07) is 14.3. The van der Waals surface area contributed by atoms with Crippen LogP contribution in [0.15, 0.2) is 94.6 Å². The van der Waals surface area contributed by atoms with Gasteiger partial charge in [0.1, 0.15) is 23.2 Å². The average Bonchev–Trinajstić information content (AvgIpc) is 2.97. The Labute approximate surface area is 257 Å². The lowest BCUT2D eigenvalue weighted by Crippen LogP contribution is -2.43. The highest BCUT2D eigenvalue weighted by Crippen LogP contribution is 2.27. The number of anilines is 1. The zero-order valence-corrected chi connectivity index (χ0v) is 24.7. The van der Waals surface area contributed by atoms with Gasteiger partial charge in [0.15, 0.2) is 0 Å². The van der Waals surface area contributed by atoms with Gasteiger partial charge in [-0.3, -0.25) is 14.5 Å². The smallest absolute Gasteiger partial charge is 0.326 e. The molecule has 224 valence electrons. The molecule has 44 heavy (non-hydrogen) atoms. The summed E-state index contributed by atoms with van der Waals surface area (Å²) in [5.41, 5.74) is 0.448. The van der Waals surface area contributed by atoms with E-state index < -0.39 is 56.8 Å². The minimum atomic E-state index is -4.33. The number of carbonyl (C=O) groups is 2. The number of pyridine rings is 2. The monoisotopic (exact) mass is 684 g/mol. The van der Waals surface area contributed by atoms with Crippen LogP contribution in [0, 0.1) is 17.6 Å². The quantitative estimate of drug-likeness (QED) is 0.169. The Morgan fingerprint density at radius 1 is 0.886 bits per heavy atom. The number of aromatic nitrogens is 2. The van der Waals surface area contributed by atoms with Crippen molar-refractivity contribution in [2.24, 2.45) is 0 Å². The zero-order chi connectivity index (χ0) is 31.6. The van der Waals surface area contributed by atoms with Crippen molar-refractivity contribution in [3.63, 3.8) is 0 Å². The van der Waals surface area contributed by atoms with Gasteiger partial charge in [-0.25, -0.2) is 27.0 Å². The third-order valence-corrected chi connectivity index (χ3v) is 8.62. The first-order valence-corrected chi connectivity index (χ1v) is 15.0. The zero-order valence-electron chi connectivity index (χ0n) is 22.3. The molecule has 0 aliphatic carbocycles. The van der Waals surface area contributed by atoms with E-state index in [1.54, 1.807) is 30.5 Å². The van der Waals surface area contributed by atoms with E-state index >= 15 is 8.78 Å². The summed E-state index contributed by atoms with van der Waals surface area (Å²) in [6.07, 6.45) is 2.60. The fraction of sp³-hybridized carbons (Fsp3) is 0.0667. The van der Waals surface area contributed by atoms with Crippen LogP contribution in [0.4, 0.5) is 18.9 Å². The SMILES string of the molecule is O=C(NC(Cc1ccc(Br)c2ncccc12)C(=O)O)c1c(F)cc(NS(=O)(=O)c2ccc(-c3ccnc(F)c3)cc2)cc1F. The van der Waals surface area contributed by atoms with Crippen molar-refractivity contribution >= 4 is 54.4 Å². The van der Waals surface area contributed by atoms with E-state index in [9.17, 15) is 27.5 Å². The number of hydrogen-bond donors (Lipinski definition) is 3. The number of hydrogen-bond acceptors (Lipinski definition) is 6. The number of carbonyl (C=O) groups excluding carboxylic acids is 1. The predicted octanol–water partition coefficient (Wildman–Crippen LogP) is 5.70. The van der Waals surface area contributed by atoms with Crippen LogP contribution in [0.1, 0.15) is 15.9 Å². The number of amides is 1. The minimum absolute atomic E-state index is 0.216. The number of carboxylic acid groups (broad SMARTS) is 1. The molecule has 3 N–H and O–H groups in total. The maximum Gasteiger partial charge on any atom is 0.326 e. The summed E-state index contributed by atoms with van der Waals surface area (Å²) in [4.78, 5) is 32.3. The van der Waals surface area contributed by atoms with Crippen LogP contribution >= 0.6 is 15.9 Å². The van der Waals surface area contributed by atoms with E-state index in [0.717, 1.165) is 0 Å². The first-order chi connectivity index (χ1) is 20.9. The van der Waals surface area contributed by atoms with Crippen molar-refractivity contribution in [2.75, 3.05) is 4.72 Å². The molecule has 9 nitrogen and oxygen atoms in total. The predicted molar refractivity (Wildman–Crippen MR) is 159 cm³/mol. The second-order valence-corrected chi connectivity index (χ2v) is 12.0. The van der Waals surface area contributed by atoms with Crippen molar-refractivity contribution in [3.05, 3.63) is 118 Å². The van der Waals surface area contributed by atoms with Gasteiger partial charge < -0.3 is 10.4 Å². The second-order valence-electron chi connectivity index (χ2n) is 9.49. The molecule has 0 aliphatic heterocycles. The average molecular weight is 685 g/mol. The second kappa shape index (κ2) is 12.4. The number of rotatable bonds is 9. The Morgan fingerprint density at radius 3 is 2.25 bits per heavy atom. The lowest BCUT2D eigenvalue weighted by molar-refractivity contribution is -0.139. The van der Waals surface area contributed by atoms with Crippen LogP contribution in [0.2, 0.25) is 0 Å². The number of halogens is 4. The molecule has 1 atom stereocenters. The van der Waals surface area contributed by atoms with E-state index in [1.165, 1.54) is 42.6 Å². The largest absolute Gasteiger partial charge is 0.480 e. The highest BCUT2D eigenvalue weighted by Gasteiger charge is 2.27. The van der Waals surface area contributed by atoms with Gasteiger partial charge in [-0.1, -0.05) is 24.3 Å². The molecule has 0 fully saturated rings. The summed E-state index contributed by atoms with van der Waals surface area (Å²) in [5, 5.41) is 12.5. The summed E-state index contributed by atoms with van der Waals surface area (Å²) in [6.45, 7) is 0. The minimum Gasteiger partial charge on any atom is -0.480 e. The number of nitrogens with zero attached hydrogens (tertiary/aromatic N) is 2. The van der Waals surface area contributed by atoms with Crippen LogP contribution in [0.25, 0.3) is 22.0 Å². The topological polar surface area (TPSA) is 138 Å². The number of benzene rings is 3. The molecule has 5 rings (SSSR count). The number of carboxylic acids is 1. The molecule has 0 bridgehead atoms. The maximum atomic E-state index is 15.0. The lowest BCUT2D eigenvalue weighted by Gasteiger charge is -2.17. The Morgan fingerprint density at radius 2 is 1.59 bits per heavy atom. The third-order valence-electron chi connectivity index (χ3n) is 6.58. The van der Waals surface area contributed by atoms with Gasteiger partial charge in [-0.05, 0) is 75.1 Å². The lowest BCUT2D eigenvalue weighted by atomic mass is 10.0. The molecular formula is C30H20BrF3N4O5S. The molecule has 14 heteroatoms. The van der Waals surface area contributed by atoms with Crippen molar-refractivity contribution in [1.82, 2.24) is 15.3 Å². The summed E-state index contributed by atoms with van der Waals surface area (Å²) >= 11 is 3.38. The van der Waals surface area contributed by atoms with Crippen molar-refractivity contribution < 1.29 is 36.3 Å². The molecule has 2 aromatic heterocycles. The van der Waals surface area contributed by atoms with E-state index in [1.807, 2.05) is 0 Å². The summed E-state index contributed by atoms with van der Waals surface area (Å²) in [5.74, 6) is -6.33. The Kier molecular flexibility index (Phi) is 8.65. The molecule has 2 heterocycles. The third kappa shape index (κ3) is 6.55. The molecule has 0 radical (unpaired) electrons. The Balaban J connectivity index is 1.33. The fourth-order valence-electron chi connectivity index (χ4n) is 4.50. The normalized spacial score (nSPS) is 12.1. The molecule has 1 unspecified atom stereocenters. The van der Waals surface area contributed by atoms with Gasteiger partial charge in [0, 0.05) is 34.7 Å². The molecule has 0 saturated heterocycles. The first kappa shape index (κ1) is 30.6. The van der Waals surface area contributed by atoms with Crippen LogP contribution in [-0.4, -0.2) is 41.4 Å².